The van der Waals surface area contributed by atoms with Crippen molar-refractivity contribution in [2.45, 2.75) is 26.3 Å². The third-order valence-corrected chi connectivity index (χ3v) is 3.30. The normalized spacial score (nSPS) is 11.9. The van der Waals surface area contributed by atoms with Crippen LogP contribution in [0.4, 0.5) is 0 Å². The van der Waals surface area contributed by atoms with Gasteiger partial charge in [0.1, 0.15) is 5.75 Å². The Hall–Kier alpha value is -1.79. The Bertz CT molecular complexity index is 463. The van der Waals surface area contributed by atoms with E-state index >= 15 is 0 Å². The van der Waals surface area contributed by atoms with Crippen molar-refractivity contribution in [3.05, 3.63) is 29.3 Å². The van der Waals surface area contributed by atoms with Crippen LogP contribution in [0.5, 0.6) is 5.75 Å². The third kappa shape index (κ3) is 5.24. The molecule has 1 rings (SSSR count). The van der Waals surface area contributed by atoms with Crippen molar-refractivity contribution >= 4 is 5.84 Å². The fraction of sp³-hybridized carbons (Fsp3) is 0.533. The second-order valence-corrected chi connectivity index (χ2v) is 4.87. The summed E-state index contributed by atoms with van der Waals surface area (Å²) in [4.78, 5) is 2.20. The lowest BCUT2D eigenvalue weighted by molar-refractivity contribution is 0.188. The predicted molar refractivity (Wildman–Crippen MR) is 82.8 cm³/mol. The van der Waals surface area contributed by atoms with Crippen LogP contribution in [0.1, 0.15) is 30.9 Å². The van der Waals surface area contributed by atoms with Gasteiger partial charge in [0.25, 0.3) is 0 Å². The molecule has 0 fully saturated rings. The number of amidine groups is 1. The van der Waals surface area contributed by atoms with Crippen LogP contribution in [0.2, 0.25) is 0 Å². The first-order chi connectivity index (χ1) is 10.2. The van der Waals surface area contributed by atoms with Gasteiger partial charge in [0.2, 0.25) is 0 Å². The molecule has 0 unspecified atom stereocenters. The van der Waals surface area contributed by atoms with Gasteiger partial charge in [-0.05, 0) is 30.7 Å². The lowest BCUT2D eigenvalue weighted by Gasteiger charge is -2.21. The van der Waals surface area contributed by atoms with Gasteiger partial charge >= 0.3 is 0 Å². The quantitative estimate of drug-likeness (QED) is 0.277. The fourth-order valence-corrected chi connectivity index (χ4v) is 2.15. The molecule has 0 aromatic heterocycles. The standard InChI is InChI=1S/C15H25N3O3/c1-3-4-7-18(8-9-19)11-12-5-6-13(15(16)17-20)14(10-12)21-2/h5-6,10,19-20H,3-4,7-9,11H2,1-2H3,(H2,16,17). The van der Waals surface area contributed by atoms with Crippen molar-refractivity contribution in [2.24, 2.45) is 10.9 Å². The molecule has 0 amide bonds. The maximum Gasteiger partial charge on any atom is 0.173 e. The van der Waals surface area contributed by atoms with E-state index < -0.39 is 0 Å². The van der Waals surface area contributed by atoms with E-state index in [1.807, 2.05) is 12.1 Å². The van der Waals surface area contributed by atoms with Gasteiger partial charge in [0.05, 0.1) is 19.3 Å². The number of nitrogens with zero attached hydrogens (tertiary/aromatic N) is 2. The van der Waals surface area contributed by atoms with E-state index in [4.69, 9.17) is 20.8 Å². The predicted octanol–water partition coefficient (Wildman–Crippen LogP) is 1.38. The maximum absolute atomic E-state index is 9.14. The van der Waals surface area contributed by atoms with E-state index in [1.165, 1.54) is 0 Å². The zero-order valence-electron chi connectivity index (χ0n) is 12.7. The highest BCUT2D eigenvalue weighted by atomic mass is 16.5. The third-order valence-electron chi connectivity index (χ3n) is 3.30. The number of ether oxygens (including phenoxy) is 1. The smallest absolute Gasteiger partial charge is 0.173 e. The monoisotopic (exact) mass is 295 g/mol. The summed E-state index contributed by atoms with van der Waals surface area (Å²) in [5.41, 5.74) is 7.23. The van der Waals surface area contributed by atoms with Gasteiger partial charge in [-0.1, -0.05) is 24.6 Å². The molecule has 0 aliphatic carbocycles. The topological polar surface area (TPSA) is 91.3 Å². The van der Waals surface area contributed by atoms with Crippen LogP contribution in [-0.4, -0.2) is 47.9 Å². The SMILES string of the molecule is CCCCN(CCO)Cc1ccc(/C(N)=N/O)c(OC)c1. The van der Waals surface area contributed by atoms with Gasteiger partial charge in [0, 0.05) is 13.1 Å². The molecule has 21 heavy (non-hydrogen) atoms. The summed E-state index contributed by atoms with van der Waals surface area (Å²) in [6.07, 6.45) is 2.22. The number of hydrogen-bond acceptors (Lipinski definition) is 5. The highest BCUT2D eigenvalue weighted by Crippen LogP contribution is 2.21. The molecular formula is C15H25N3O3. The van der Waals surface area contributed by atoms with E-state index in [0.29, 0.717) is 17.9 Å². The fourth-order valence-electron chi connectivity index (χ4n) is 2.15. The van der Waals surface area contributed by atoms with Crippen molar-refractivity contribution < 1.29 is 15.1 Å². The number of unbranched alkanes of at least 4 members (excludes halogenated alkanes) is 1. The maximum atomic E-state index is 9.14. The van der Waals surface area contributed by atoms with Crippen molar-refractivity contribution in [3.8, 4) is 5.75 Å². The molecule has 118 valence electrons. The largest absolute Gasteiger partial charge is 0.496 e. The number of rotatable bonds is 9. The van der Waals surface area contributed by atoms with Crippen LogP contribution >= 0.6 is 0 Å². The average Bonchev–Trinajstić information content (AvgIpc) is 2.51. The molecule has 0 atom stereocenters. The van der Waals surface area contributed by atoms with Crippen LogP contribution in [0.15, 0.2) is 23.4 Å². The summed E-state index contributed by atoms with van der Waals surface area (Å²) in [5, 5.41) is 20.9. The summed E-state index contributed by atoms with van der Waals surface area (Å²) in [6, 6.07) is 5.58. The molecule has 0 saturated carbocycles. The van der Waals surface area contributed by atoms with E-state index in [9.17, 15) is 0 Å². The van der Waals surface area contributed by atoms with Crippen molar-refractivity contribution in [1.82, 2.24) is 4.90 Å². The Balaban J connectivity index is 2.87. The molecule has 6 heteroatoms. The minimum atomic E-state index is 0.0246. The van der Waals surface area contributed by atoms with E-state index in [1.54, 1.807) is 13.2 Å². The van der Waals surface area contributed by atoms with Crippen LogP contribution in [-0.2, 0) is 6.54 Å². The van der Waals surface area contributed by atoms with Crippen LogP contribution < -0.4 is 10.5 Å². The number of benzene rings is 1. The highest BCUT2D eigenvalue weighted by Gasteiger charge is 2.11. The minimum absolute atomic E-state index is 0.0246. The molecule has 1 aromatic carbocycles. The van der Waals surface area contributed by atoms with Crippen molar-refractivity contribution in [3.63, 3.8) is 0 Å². The molecule has 0 bridgehead atoms. The van der Waals surface area contributed by atoms with Gasteiger partial charge in [-0.15, -0.1) is 0 Å². The van der Waals surface area contributed by atoms with E-state index in [2.05, 4.69) is 17.0 Å². The molecule has 4 N–H and O–H groups in total. The first kappa shape index (κ1) is 17.3. The lowest BCUT2D eigenvalue weighted by atomic mass is 10.1. The van der Waals surface area contributed by atoms with Crippen molar-refractivity contribution in [2.75, 3.05) is 26.8 Å². The zero-order valence-corrected chi connectivity index (χ0v) is 12.7. The first-order valence-electron chi connectivity index (χ1n) is 7.14. The number of hydrogen-bond donors (Lipinski definition) is 3. The number of methoxy groups -OCH3 is 1. The molecule has 0 aliphatic rings. The molecule has 0 spiro atoms. The number of aliphatic hydroxyl groups excluding tert-OH is 1. The van der Waals surface area contributed by atoms with Crippen molar-refractivity contribution in [1.29, 1.82) is 0 Å². The van der Waals surface area contributed by atoms with Crippen LogP contribution in [0.3, 0.4) is 0 Å². The number of nitrogens with two attached hydrogens (primary N) is 1. The number of aliphatic hydroxyl groups is 1. The molecule has 0 saturated heterocycles. The molecule has 6 nitrogen and oxygen atoms in total. The van der Waals surface area contributed by atoms with Crippen LogP contribution in [0.25, 0.3) is 0 Å². The lowest BCUT2D eigenvalue weighted by Crippen LogP contribution is -2.27. The highest BCUT2D eigenvalue weighted by molar-refractivity contribution is 5.99. The molecule has 0 aliphatic heterocycles. The molecule has 0 radical (unpaired) electrons. The zero-order chi connectivity index (χ0) is 15.7. The van der Waals surface area contributed by atoms with Gasteiger partial charge < -0.3 is 20.8 Å². The van der Waals surface area contributed by atoms with E-state index in [0.717, 1.165) is 31.5 Å². The Morgan fingerprint density at radius 2 is 2.14 bits per heavy atom. The van der Waals surface area contributed by atoms with Crippen LogP contribution in [0, 0.1) is 0 Å². The molecular weight excluding hydrogens is 270 g/mol. The first-order valence-corrected chi connectivity index (χ1v) is 7.14. The Labute approximate surface area is 125 Å². The van der Waals surface area contributed by atoms with Gasteiger partial charge in [-0.2, -0.15) is 0 Å². The Kier molecular flexibility index (Phi) is 7.56. The minimum Gasteiger partial charge on any atom is -0.496 e. The summed E-state index contributed by atoms with van der Waals surface area (Å²) < 4.78 is 5.29. The summed E-state index contributed by atoms with van der Waals surface area (Å²) in [5.74, 6) is 0.596. The second-order valence-electron chi connectivity index (χ2n) is 4.87. The Morgan fingerprint density at radius 3 is 2.71 bits per heavy atom. The summed E-state index contributed by atoms with van der Waals surface area (Å²) in [7, 11) is 1.55. The van der Waals surface area contributed by atoms with E-state index in [-0.39, 0.29) is 12.4 Å². The second kappa shape index (κ2) is 9.20. The van der Waals surface area contributed by atoms with Gasteiger partial charge in [-0.25, -0.2) is 0 Å². The Morgan fingerprint density at radius 1 is 1.38 bits per heavy atom. The molecule has 1 aromatic rings. The summed E-state index contributed by atoms with van der Waals surface area (Å²) in [6.45, 7) is 4.61. The van der Waals surface area contributed by atoms with Gasteiger partial charge in [-0.3, -0.25) is 4.90 Å². The van der Waals surface area contributed by atoms with Gasteiger partial charge in [0.15, 0.2) is 5.84 Å². The average molecular weight is 295 g/mol. The summed E-state index contributed by atoms with van der Waals surface area (Å²) >= 11 is 0. The number of oxime groups is 1. The molecule has 0 heterocycles.